The molecule has 6 heteroatoms. The van der Waals surface area contributed by atoms with Gasteiger partial charge in [0.05, 0.1) is 0 Å². The number of benzene rings is 2. The van der Waals surface area contributed by atoms with Gasteiger partial charge in [-0.1, -0.05) is 17.7 Å². The molecule has 1 atom stereocenters. The Labute approximate surface area is 146 Å². The Kier molecular flexibility index (Phi) is 5.82. The molecular formula is C18H19ClN2O3. The number of hydrogen-bond acceptors (Lipinski definition) is 3. The topological polar surface area (TPSA) is 58.6 Å². The van der Waals surface area contributed by atoms with E-state index < -0.39 is 6.10 Å². The Balaban J connectivity index is 2.02. The number of anilines is 2. The van der Waals surface area contributed by atoms with Gasteiger partial charge < -0.3 is 15.0 Å². The number of nitrogens with one attached hydrogen (secondary N) is 1. The van der Waals surface area contributed by atoms with Crippen LogP contribution in [0.2, 0.25) is 5.02 Å². The normalized spacial score (nSPS) is 11.5. The van der Waals surface area contributed by atoms with E-state index in [9.17, 15) is 9.59 Å². The van der Waals surface area contributed by atoms with Gasteiger partial charge in [-0.2, -0.15) is 0 Å². The van der Waals surface area contributed by atoms with Gasteiger partial charge >= 0.3 is 0 Å². The summed E-state index contributed by atoms with van der Waals surface area (Å²) < 4.78 is 5.58. The van der Waals surface area contributed by atoms with Gasteiger partial charge in [0.25, 0.3) is 5.91 Å². The molecule has 2 rings (SSSR count). The van der Waals surface area contributed by atoms with Crippen molar-refractivity contribution in [2.24, 2.45) is 0 Å². The number of carbonyl (C=O) groups excluding carboxylic acids is 2. The molecule has 0 spiro atoms. The van der Waals surface area contributed by atoms with E-state index in [0.29, 0.717) is 22.1 Å². The zero-order valence-corrected chi connectivity index (χ0v) is 14.5. The Hall–Kier alpha value is -2.53. The SMILES string of the molecule is CC(=O)N(C)c1cccc(NC(=O)C(C)Oc2ccc(Cl)cc2)c1. The number of nitrogens with zero attached hydrogens (tertiary/aromatic N) is 1. The van der Waals surface area contributed by atoms with Crippen molar-refractivity contribution in [3.63, 3.8) is 0 Å². The van der Waals surface area contributed by atoms with E-state index in [1.54, 1.807) is 62.5 Å². The molecule has 2 amide bonds. The number of carbonyl (C=O) groups is 2. The van der Waals surface area contributed by atoms with E-state index in [4.69, 9.17) is 16.3 Å². The van der Waals surface area contributed by atoms with Crippen molar-refractivity contribution in [1.82, 2.24) is 0 Å². The maximum Gasteiger partial charge on any atom is 0.265 e. The lowest BCUT2D eigenvalue weighted by molar-refractivity contribution is -0.122. The van der Waals surface area contributed by atoms with E-state index >= 15 is 0 Å². The fourth-order valence-electron chi connectivity index (χ4n) is 1.99. The maximum atomic E-state index is 12.3. The summed E-state index contributed by atoms with van der Waals surface area (Å²) in [6.07, 6.45) is -0.680. The van der Waals surface area contributed by atoms with Crippen LogP contribution in [0.1, 0.15) is 13.8 Å². The van der Waals surface area contributed by atoms with Gasteiger partial charge in [-0.25, -0.2) is 0 Å². The van der Waals surface area contributed by atoms with Crippen molar-refractivity contribution >= 4 is 34.8 Å². The van der Waals surface area contributed by atoms with Crippen molar-refractivity contribution in [2.75, 3.05) is 17.3 Å². The second kappa shape index (κ2) is 7.84. The highest BCUT2D eigenvalue weighted by atomic mass is 35.5. The van der Waals surface area contributed by atoms with E-state index in [-0.39, 0.29) is 11.8 Å². The van der Waals surface area contributed by atoms with Gasteiger partial charge in [-0.15, -0.1) is 0 Å². The van der Waals surface area contributed by atoms with Gasteiger partial charge in [-0.3, -0.25) is 9.59 Å². The standard InChI is InChI=1S/C18H19ClN2O3/c1-12(24-17-9-7-14(19)8-10-17)18(23)20-15-5-4-6-16(11-15)21(3)13(2)22/h4-12H,1-3H3,(H,20,23). The molecule has 126 valence electrons. The summed E-state index contributed by atoms with van der Waals surface area (Å²) in [4.78, 5) is 25.2. The van der Waals surface area contributed by atoms with Gasteiger partial charge in [0.15, 0.2) is 6.10 Å². The molecule has 0 fully saturated rings. The number of amides is 2. The van der Waals surface area contributed by atoms with Crippen LogP contribution in [0, 0.1) is 0 Å². The van der Waals surface area contributed by atoms with Crippen molar-refractivity contribution in [1.29, 1.82) is 0 Å². The number of halogens is 1. The largest absolute Gasteiger partial charge is 0.481 e. The minimum atomic E-state index is -0.680. The van der Waals surface area contributed by atoms with Crippen LogP contribution in [0.4, 0.5) is 11.4 Å². The third kappa shape index (κ3) is 4.73. The van der Waals surface area contributed by atoms with Crippen molar-refractivity contribution in [2.45, 2.75) is 20.0 Å². The lowest BCUT2D eigenvalue weighted by Crippen LogP contribution is -2.30. The summed E-state index contributed by atoms with van der Waals surface area (Å²) in [5, 5.41) is 3.38. The monoisotopic (exact) mass is 346 g/mol. The summed E-state index contributed by atoms with van der Waals surface area (Å²) in [5.41, 5.74) is 1.30. The molecular weight excluding hydrogens is 328 g/mol. The average molecular weight is 347 g/mol. The molecule has 0 bridgehead atoms. The molecule has 1 unspecified atom stereocenters. The number of hydrogen-bond donors (Lipinski definition) is 1. The molecule has 0 aliphatic carbocycles. The highest BCUT2D eigenvalue weighted by Gasteiger charge is 2.15. The fourth-order valence-corrected chi connectivity index (χ4v) is 2.11. The van der Waals surface area contributed by atoms with Crippen LogP contribution in [0.25, 0.3) is 0 Å². The Morgan fingerprint density at radius 2 is 1.83 bits per heavy atom. The minimum Gasteiger partial charge on any atom is -0.481 e. The van der Waals surface area contributed by atoms with E-state index in [1.165, 1.54) is 11.8 Å². The second-order valence-corrected chi connectivity index (χ2v) is 5.77. The molecule has 2 aromatic carbocycles. The molecule has 2 aromatic rings. The minimum absolute atomic E-state index is 0.0853. The van der Waals surface area contributed by atoms with Gasteiger partial charge in [0, 0.05) is 30.4 Å². The molecule has 5 nitrogen and oxygen atoms in total. The van der Waals surface area contributed by atoms with Gasteiger partial charge in [0.1, 0.15) is 5.75 Å². The van der Waals surface area contributed by atoms with Crippen LogP contribution in [-0.4, -0.2) is 25.0 Å². The van der Waals surface area contributed by atoms with Gasteiger partial charge in [-0.05, 0) is 49.4 Å². The number of ether oxygens (including phenoxy) is 1. The second-order valence-electron chi connectivity index (χ2n) is 5.33. The Bertz CT molecular complexity index is 731. The Morgan fingerprint density at radius 3 is 2.46 bits per heavy atom. The summed E-state index contributed by atoms with van der Waals surface area (Å²) in [6.45, 7) is 3.14. The molecule has 0 aliphatic rings. The van der Waals surface area contributed by atoms with Crippen molar-refractivity contribution in [3.05, 3.63) is 53.6 Å². The van der Waals surface area contributed by atoms with Crippen LogP contribution in [0.5, 0.6) is 5.75 Å². The molecule has 24 heavy (non-hydrogen) atoms. The summed E-state index contributed by atoms with van der Waals surface area (Å²) in [5.74, 6) is 0.192. The fraction of sp³-hybridized carbons (Fsp3) is 0.222. The van der Waals surface area contributed by atoms with Crippen LogP contribution in [-0.2, 0) is 9.59 Å². The first kappa shape index (κ1) is 17.8. The smallest absolute Gasteiger partial charge is 0.265 e. The molecule has 0 heterocycles. The summed E-state index contributed by atoms with van der Waals surface area (Å²) in [6, 6.07) is 13.9. The van der Waals surface area contributed by atoms with Crippen LogP contribution < -0.4 is 15.0 Å². The first-order chi connectivity index (χ1) is 11.4. The lowest BCUT2D eigenvalue weighted by atomic mass is 10.2. The van der Waals surface area contributed by atoms with Crippen LogP contribution in [0.3, 0.4) is 0 Å². The first-order valence-electron chi connectivity index (χ1n) is 7.44. The summed E-state index contributed by atoms with van der Waals surface area (Å²) >= 11 is 5.82. The zero-order valence-electron chi connectivity index (χ0n) is 13.7. The van der Waals surface area contributed by atoms with Crippen LogP contribution in [0.15, 0.2) is 48.5 Å². The highest BCUT2D eigenvalue weighted by molar-refractivity contribution is 6.30. The molecule has 0 radical (unpaired) electrons. The predicted molar refractivity (Wildman–Crippen MR) is 95.7 cm³/mol. The summed E-state index contributed by atoms with van der Waals surface area (Å²) in [7, 11) is 1.68. The Morgan fingerprint density at radius 1 is 1.17 bits per heavy atom. The third-order valence-corrected chi connectivity index (χ3v) is 3.72. The molecule has 1 N–H and O–H groups in total. The lowest BCUT2D eigenvalue weighted by Gasteiger charge is -2.18. The first-order valence-corrected chi connectivity index (χ1v) is 7.82. The van der Waals surface area contributed by atoms with E-state index in [0.717, 1.165) is 0 Å². The third-order valence-electron chi connectivity index (χ3n) is 3.47. The average Bonchev–Trinajstić information content (AvgIpc) is 2.56. The maximum absolute atomic E-state index is 12.3. The molecule has 0 saturated heterocycles. The van der Waals surface area contributed by atoms with E-state index in [1.807, 2.05) is 0 Å². The predicted octanol–water partition coefficient (Wildman–Crippen LogP) is 3.73. The zero-order chi connectivity index (χ0) is 17.7. The van der Waals surface area contributed by atoms with E-state index in [2.05, 4.69) is 5.32 Å². The van der Waals surface area contributed by atoms with Crippen molar-refractivity contribution < 1.29 is 14.3 Å². The molecule has 0 aromatic heterocycles. The number of rotatable bonds is 5. The van der Waals surface area contributed by atoms with Crippen LogP contribution >= 0.6 is 11.6 Å². The van der Waals surface area contributed by atoms with Gasteiger partial charge in [0.2, 0.25) is 5.91 Å². The molecule has 0 saturated carbocycles. The highest BCUT2D eigenvalue weighted by Crippen LogP contribution is 2.20. The van der Waals surface area contributed by atoms with Crippen molar-refractivity contribution in [3.8, 4) is 5.75 Å². The quantitative estimate of drug-likeness (QED) is 0.897. The molecule has 0 aliphatic heterocycles.